The minimum absolute atomic E-state index is 0.0679. The number of hydrogen-bond acceptors (Lipinski definition) is 3. The number of anilines is 1. The fraction of sp³-hybridized carbons (Fsp3) is 0.0667. The van der Waals surface area contributed by atoms with Crippen LogP contribution < -0.4 is 5.32 Å². The lowest BCUT2D eigenvalue weighted by atomic mass is 10.2. The van der Waals surface area contributed by atoms with E-state index in [-0.39, 0.29) is 17.2 Å². The molecule has 1 amide bonds. The summed E-state index contributed by atoms with van der Waals surface area (Å²) in [5.41, 5.74) is 1.05. The first-order chi connectivity index (χ1) is 10.8. The second-order valence-electron chi connectivity index (χ2n) is 4.66. The summed E-state index contributed by atoms with van der Waals surface area (Å²) in [5.74, 6) is -2.29. The molecule has 0 saturated carbocycles. The summed E-state index contributed by atoms with van der Waals surface area (Å²) < 4.78 is 55.0. The van der Waals surface area contributed by atoms with Gasteiger partial charge in [-0.3, -0.25) is 4.79 Å². The highest BCUT2D eigenvalue weighted by Crippen LogP contribution is 2.27. The van der Waals surface area contributed by atoms with Crippen LogP contribution in [-0.4, -0.2) is 17.1 Å². The fourth-order valence-electron chi connectivity index (χ4n) is 1.92. The number of nitrogens with zero attached hydrogens (tertiary/aromatic N) is 1. The zero-order chi connectivity index (χ0) is 16.6. The minimum atomic E-state index is -4.98. The second kappa shape index (κ2) is 5.38. The van der Waals surface area contributed by atoms with Gasteiger partial charge in [0.05, 0.1) is 0 Å². The van der Waals surface area contributed by atoms with E-state index in [0.717, 1.165) is 0 Å². The fourth-order valence-corrected chi connectivity index (χ4v) is 1.92. The maximum absolute atomic E-state index is 12.9. The first kappa shape index (κ1) is 15.0. The molecule has 23 heavy (non-hydrogen) atoms. The first-order valence-corrected chi connectivity index (χ1v) is 6.37. The molecule has 0 aliphatic carbocycles. The summed E-state index contributed by atoms with van der Waals surface area (Å²) in [6.07, 6.45) is -4.98. The molecular formula is C15H8F4N2O2. The number of hydrogen-bond donors (Lipinski definition) is 1. The number of fused-ring (bicyclic) bond motifs is 1. The van der Waals surface area contributed by atoms with Crippen LogP contribution in [0.25, 0.3) is 22.6 Å². The maximum atomic E-state index is 12.9. The van der Waals surface area contributed by atoms with Crippen molar-refractivity contribution in [2.45, 2.75) is 6.18 Å². The number of alkyl halides is 3. The van der Waals surface area contributed by atoms with E-state index in [0.29, 0.717) is 11.1 Å². The molecule has 1 heterocycles. The smallest absolute Gasteiger partial charge is 0.436 e. The van der Waals surface area contributed by atoms with Crippen molar-refractivity contribution in [3.63, 3.8) is 0 Å². The van der Waals surface area contributed by atoms with Crippen molar-refractivity contribution >= 4 is 22.7 Å². The topological polar surface area (TPSA) is 55.1 Å². The lowest BCUT2D eigenvalue weighted by molar-refractivity contribution is -0.167. The summed E-state index contributed by atoms with van der Waals surface area (Å²) in [6.45, 7) is 0. The van der Waals surface area contributed by atoms with E-state index in [2.05, 4.69) is 4.98 Å². The molecule has 0 bridgehead atoms. The molecule has 118 valence electrons. The van der Waals surface area contributed by atoms with Crippen molar-refractivity contribution in [3.8, 4) is 11.5 Å². The number of carbonyl (C=O) groups is 1. The number of carbonyl (C=O) groups excluding carboxylic acids is 1. The molecule has 1 aromatic heterocycles. The van der Waals surface area contributed by atoms with Crippen molar-refractivity contribution in [2.24, 2.45) is 0 Å². The van der Waals surface area contributed by atoms with Crippen LogP contribution in [0.1, 0.15) is 0 Å². The second-order valence-corrected chi connectivity index (χ2v) is 4.66. The predicted molar refractivity (Wildman–Crippen MR) is 74.1 cm³/mol. The van der Waals surface area contributed by atoms with Crippen molar-refractivity contribution in [1.82, 2.24) is 4.98 Å². The number of rotatable bonds is 2. The highest BCUT2D eigenvalue weighted by atomic mass is 19.4. The van der Waals surface area contributed by atoms with Crippen LogP contribution in [0.15, 0.2) is 46.9 Å². The molecule has 0 saturated heterocycles. The standard InChI is InChI=1S/C15H8F4N2O2/c16-9-3-1-8(2-4-9)13-21-11-6-5-10(7-12(11)23-13)20-14(22)15(17,18)19/h1-7H,(H,20,22). The third-order valence-corrected chi connectivity index (χ3v) is 2.99. The Morgan fingerprint density at radius 1 is 1.09 bits per heavy atom. The average molecular weight is 324 g/mol. The van der Waals surface area contributed by atoms with Crippen LogP contribution in [0.2, 0.25) is 0 Å². The summed E-state index contributed by atoms with van der Waals surface area (Å²) in [5, 5.41) is 1.73. The van der Waals surface area contributed by atoms with Crippen molar-refractivity contribution in [2.75, 3.05) is 5.32 Å². The summed E-state index contributed by atoms with van der Waals surface area (Å²) in [7, 11) is 0. The number of oxazole rings is 1. The Bertz CT molecular complexity index is 869. The lowest BCUT2D eigenvalue weighted by Gasteiger charge is -2.07. The van der Waals surface area contributed by atoms with E-state index in [4.69, 9.17) is 4.42 Å². The van der Waals surface area contributed by atoms with Crippen molar-refractivity contribution in [3.05, 3.63) is 48.3 Å². The third kappa shape index (κ3) is 3.15. The van der Waals surface area contributed by atoms with Gasteiger partial charge < -0.3 is 9.73 Å². The molecule has 0 aliphatic rings. The zero-order valence-corrected chi connectivity index (χ0v) is 11.3. The number of nitrogens with one attached hydrogen (secondary N) is 1. The monoisotopic (exact) mass is 324 g/mol. The number of amides is 1. The average Bonchev–Trinajstić information content (AvgIpc) is 2.90. The maximum Gasteiger partial charge on any atom is 0.471 e. The highest BCUT2D eigenvalue weighted by Gasteiger charge is 2.38. The van der Waals surface area contributed by atoms with Crippen LogP contribution >= 0.6 is 0 Å². The van der Waals surface area contributed by atoms with Crippen LogP contribution in [0.3, 0.4) is 0 Å². The van der Waals surface area contributed by atoms with Gasteiger partial charge in [-0.25, -0.2) is 9.37 Å². The Morgan fingerprint density at radius 3 is 2.43 bits per heavy atom. The van der Waals surface area contributed by atoms with E-state index in [1.165, 1.54) is 42.5 Å². The van der Waals surface area contributed by atoms with Gasteiger partial charge in [0, 0.05) is 17.3 Å². The summed E-state index contributed by atoms with van der Waals surface area (Å²) in [6, 6.07) is 9.33. The molecule has 4 nitrogen and oxygen atoms in total. The molecule has 3 rings (SSSR count). The van der Waals surface area contributed by atoms with Gasteiger partial charge in [0.15, 0.2) is 5.58 Å². The Balaban J connectivity index is 1.92. The van der Waals surface area contributed by atoms with Gasteiger partial charge in [-0.05, 0) is 36.4 Å². The van der Waals surface area contributed by atoms with Gasteiger partial charge in [0.25, 0.3) is 0 Å². The van der Waals surface area contributed by atoms with Gasteiger partial charge in [-0.2, -0.15) is 13.2 Å². The predicted octanol–water partition coefficient (Wildman–Crippen LogP) is 4.13. The van der Waals surface area contributed by atoms with Crippen LogP contribution in [0.4, 0.5) is 23.2 Å². The Hall–Kier alpha value is -2.90. The molecule has 2 aromatic carbocycles. The normalized spacial score (nSPS) is 11.7. The molecule has 1 N–H and O–H groups in total. The van der Waals surface area contributed by atoms with E-state index in [1.54, 1.807) is 5.32 Å². The molecule has 0 aliphatic heterocycles. The molecule has 0 unspecified atom stereocenters. The van der Waals surface area contributed by atoms with Gasteiger partial charge in [0.2, 0.25) is 5.89 Å². The third-order valence-electron chi connectivity index (χ3n) is 2.99. The Kier molecular flexibility index (Phi) is 3.51. The van der Waals surface area contributed by atoms with Gasteiger partial charge >= 0.3 is 12.1 Å². The van der Waals surface area contributed by atoms with Crippen molar-refractivity contribution < 1.29 is 26.8 Å². The molecule has 3 aromatic rings. The largest absolute Gasteiger partial charge is 0.471 e. The van der Waals surface area contributed by atoms with E-state index < -0.39 is 17.9 Å². The molecule has 0 atom stereocenters. The zero-order valence-electron chi connectivity index (χ0n) is 11.3. The molecule has 8 heteroatoms. The minimum Gasteiger partial charge on any atom is -0.436 e. The molecule has 0 spiro atoms. The van der Waals surface area contributed by atoms with Gasteiger partial charge in [0.1, 0.15) is 11.3 Å². The number of benzene rings is 2. The van der Waals surface area contributed by atoms with Gasteiger partial charge in [-0.1, -0.05) is 0 Å². The van der Waals surface area contributed by atoms with E-state index >= 15 is 0 Å². The lowest BCUT2D eigenvalue weighted by Crippen LogP contribution is -2.29. The Labute approximate surface area is 126 Å². The van der Waals surface area contributed by atoms with Crippen molar-refractivity contribution in [1.29, 1.82) is 0 Å². The SMILES string of the molecule is O=C(Nc1ccc2nc(-c3ccc(F)cc3)oc2c1)C(F)(F)F. The van der Waals surface area contributed by atoms with Gasteiger partial charge in [-0.15, -0.1) is 0 Å². The summed E-state index contributed by atoms with van der Waals surface area (Å²) in [4.78, 5) is 15.1. The van der Waals surface area contributed by atoms with Crippen LogP contribution in [0, 0.1) is 5.82 Å². The van der Waals surface area contributed by atoms with Crippen LogP contribution in [-0.2, 0) is 4.79 Å². The molecule has 0 fully saturated rings. The first-order valence-electron chi connectivity index (χ1n) is 6.37. The number of halogens is 4. The van der Waals surface area contributed by atoms with E-state index in [1.807, 2.05) is 0 Å². The van der Waals surface area contributed by atoms with Crippen LogP contribution in [0.5, 0.6) is 0 Å². The summed E-state index contributed by atoms with van der Waals surface area (Å²) >= 11 is 0. The molecular weight excluding hydrogens is 316 g/mol. The number of aromatic nitrogens is 1. The van der Waals surface area contributed by atoms with E-state index in [9.17, 15) is 22.4 Å². The quantitative estimate of drug-likeness (QED) is 0.721. The highest BCUT2D eigenvalue weighted by molar-refractivity contribution is 5.96. The Morgan fingerprint density at radius 2 is 1.78 bits per heavy atom. The molecule has 0 radical (unpaired) electrons.